The van der Waals surface area contributed by atoms with E-state index in [2.05, 4.69) is 10.2 Å². The van der Waals surface area contributed by atoms with Crippen LogP contribution in [0, 0.1) is 17.1 Å². The number of rotatable bonds is 6. The van der Waals surface area contributed by atoms with Crippen molar-refractivity contribution < 1.29 is 13.9 Å². The zero-order valence-electron chi connectivity index (χ0n) is 15.1. The maximum atomic E-state index is 14.9. The number of aromatic nitrogens is 3. The summed E-state index contributed by atoms with van der Waals surface area (Å²) in [5, 5.41) is 15.5. The van der Waals surface area contributed by atoms with Crippen molar-refractivity contribution in [2.75, 3.05) is 0 Å². The van der Waals surface area contributed by atoms with Gasteiger partial charge in [0.15, 0.2) is 17.4 Å². The van der Waals surface area contributed by atoms with Crippen molar-refractivity contribution in [1.82, 2.24) is 14.8 Å². The van der Waals surface area contributed by atoms with E-state index in [-0.39, 0.29) is 40.1 Å². The fourth-order valence-corrected chi connectivity index (χ4v) is 2.74. The van der Waals surface area contributed by atoms with Crippen LogP contribution in [-0.4, -0.2) is 14.8 Å². The maximum Gasteiger partial charge on any atom is 0.343 e. The molecule has 0 spiro atoms. The molecule has 0 saturated heterocycles. The summed E-state index contributed by atoms with van der Waals surface area (Å²) in [5.41, 5.74) is 0.339. The van der Waals surface area contributed by atoms with Gasteiger partial charge in [-0.3, -0.25) is 4.57 Å². The van der Waals surface area contributed by atoms with Crippen molar-refractivity contribution in [2.24, 2.45) is 7.05 Å². The molecule has 1 aromatic heterocycles. The fourth-order valence-electron chi connectivity index (χ4n) is 2.52. The van der Waals surface area contributed by atoms with Crippen molar-refractivity contribution in [3.63, 3.8) is 0 Å². The minimum atomic E-state index is -0.575. The molecule has 0 unspecified atom stereocenters. The lowest BCUT2D eigenvalue weighted by Gasteiger charge is -2.15. The van der Waals surface area contributed by atoms with Gasteiger partial charge >= 0.3 is 5.69 Å². The van der Waals surface area contributed by atoms with Crippen LogP contribution >= 0.6 is 11.6 Å². The summed E-state index contributed by atoms with van der Waals surface area (Å²) in [7, 11) is 1.54. The third kappa shape index (κ3) is 4.00. The Morgan fingerprint density at radius 2 is 2.14 bits per heavy atom. The smallest absolute Gasteiger partial charge is 0.343 e. The molecule has 0 aliphatic carbocycles. The van der Waals surface area contributed by atoms with Gasteiger partial charge in [0.05, 0.1) is 11.6 Å². The molecule has 1 heterocycles. The van der Waals surface area contributed by atoms with E-state index in [0.717, 1.165) is 0 Å². The second-order valence-corrected chi connectivity index (χ2v) is 6.34. The van der Waals surface area contributed by atoms with Gasteiger partial charge in [-0.05, 0) is 36.2 Å². The van der Waals surface area contributed by atoms with Crippen LogP contribution in [0.2, 0.25) is 5.02 Å². The average molecular weight is 403 g/mol. The van der Waals surface area contributed by atoms with Gasteiger partial charge < -0.3 is 9.47 Å². The molecule has 0 amide bonds. The number of halogens is 2. The molecule has 2 aromatic carbocycles. The van der Waals surface area contributed by atoms with Crippen molar-refractivity contribution in [2.45, 2.75) is 20.0 Å². The highest BCUT2D eigenvalue weighted by atomic mass is 35.5. The molecule has 7 nitrogen and oxygen atoms in total. The van der Waals surface area contributed by atoms with Gasteiger partial charge in [0.1, 0.15) is 12.4 Å². The summed E-state index contributed by atoms with van der Waals surface area (Å²) in [4.78, 5) is 11.5. The standard InChI is InChI=1S/C19H16ClFN4O3/c1-3-12-4-5-15(27-10-16-23-24-19(26)25(16)2)18(17(12)21)28-14-7-11(9-22)6-13(20)8-14/h4-8H,3,10H2,1-2H3,(H,24,26). The maximum absolute atomic E-state index is 14.9. The SMILES string of the molecule is CCc1ccc(OCc2n[nH]c(=O)n2C)c(Oc2cc(Cl)cc(C#N)c2)c1F. The molecule has 0 fully saturated rings. The number of H-pyrrole nitrogens is 1. The topological polar surface area (TPSA) is 92.9 Å². The highest BCUT2D eigenvalue weighted by Crippen LogP contribution is 2.37. The summed E-state index contributed by atoms with van der Waals surface area (Å²) in [5.74, 6) is -0.0391. The number of benzene rings is 2. The number of ether oxygens (including phenoxy) is 2. The van der Waals surface area contributed by atoms with Crippen LogP contribution in [0.4, 0.5) is 4.39 Å². The van der Waals surface area contributed by atoms with E-state index in [1.54, 1.807) is 12.1 Å². The molecule has 3 aromatic rings. The van der Waals surface area contributed by atoms with Crippen molar-refractivity contribution in [3.05, 3.63) is 68.6 Å². The molecule has 0 aliphatic heterocycles. The van der Waals surface area contributed by atoms with Crippen LogP contribution in [0.5, 0.6) is 17.2 Å². The number of aromatic amines is 1. The van der Waals surface area contributed by atoms with Gasteiger partial charge in [-0.15, -0.1) is 0 Å². The summed E-state index contributed by atoms with van der Waals surface area (Å²) < 4.78 is 27.6. The normalized spacial score (nSPS) is 10.5. The third-order valence-corrected chi connectivity index (χ3v) is 4.29. The van der Waals surface area contributed by atoms with Gasteiger partial charge in [-0.25, -0.2) is 14.3 Å². The van der Waals surface area contributed by atoms with E-state index in [0.29, 0.717) is 17.8 Å². The van der Waals surface area contributed by atoms with E-state index in [1.165, 1.54) is 29.8 Å². The summed E-state index contributed by atoms with van der Waals surface area (Å²) in [6, 6.07) is 9.54. The molecule has 9 heteroatoms. The third-order valence-electron chi connectivity index (χ3n) is 4.07. The van der Waals surface area contributed by atoms with Gasteiger partial charge in [-0.2, -0.15) is 10.4 Å². The Balaban J connectivity index is 1.96. The molecule has 3 rings (SSSR count). The van der Waals surface area contributed by atoms with Crippen LogP contribution in [0.15, 0.2) is 35.1 Å². The van der Waals surface area contributed by atoms with Crippen LogP contribution in [-0.2, 0) is 20.1 Å². The highest BCUT2D eigenvalue weighted by Gasteiger charge is 2.18. The quantitative estimate of drug-likeness (QED) is 0.678. The van der Waals surface area contributed by atoms with Crippen LogP contribution in [0.3, 0.4) is 0 Å². The minimum absolute atomic E-state index is 0.0739. The first-order valence-electron chi connectivity index (χ1n) is 8.36. The van der Waals surface area contributed by atoms with Crippen LogP contribution in [0.25, 0.3) is 0 Å². The van der Waals surface area contributed by atoms with Crippen molar-refractivity contribution in [3.8, 4) is 23.3 Å². The van der Waals surface area contributed by atoms with Crippen molar-refractivity contribution in [1.29, 1.82) is 5.26 Å². The Labute approximate surface area is 164 Å². The first-order valence-corrected chi connectivity index (χ1v) is 8.73. The van der Waals surface area contributed by atoms with Crippen LogP contribution < -0.4 is 15.2 Å². The summed E-state index contributed by atoms with van der Waals surface area (Å²) in [6.07, 6.45) is 0.454. The lowest BCUT2D eigenvalue weighted by molar-refractivity contribution is 0.273. The van der Waals surface area contributed by atoms with E-state index < -0.39 is 5.82 Å². The predicted molar refractivity (Wildman–Crippen MR) is 100 cm³/mol. The number of hydrogen-bond acceptors (Lipinski definition) is 5. The average Bonchev–Trinajstić information content (AvgIpc) is 3.00. The van der Waals surface area contributed by atoms with Gasteiger partial charge in [0.2, 0.25) is 5.75 Å². The molecule has 0 atom stereocenters. The number of nitrogens with zero attached hydrogens (tertiary/aromatic N) is 3. The molecular weight excluding hydrogens is 387 g/mol. The van der Waals surface area contributed by atoms with E-state index in [4.69, 9.17) is 26.3 Å². The molecule has 0 aliphatic rings. The first kappa shape index (κ1) is 19.5. The molecule has 144 valence electrons. The Kier molecular flexibility index (Phi) is 5.66. The van der Waals surface area contributed by atoms with Crippen LogP contribution in [0.1, 0.15) is 23.9 Å². The number of aryl methyl sites for hydroxylation is 1. The summed E-state index contributed by atoms with van der Waals surface area (Å²) >= 11 is 5.99. The largest absolute Gasteiger partial charge is 0.482 e. The zero-order valence-corrected chi connectivity index (χ0v) is 15.9. The van der Waals surface area contributed by atoms with E-state index in [9.17, 15) is 9.18 Å². The summed E-state index contributed by atoms with van der Waals surface area (Å²) in [6.45, 7) is 1.74. The lowest BCUT2D eigenvalue weighted by atomic mass is 10.1. The minimum Gasteiger partial charge on any atom is -0.482 e. The number of hydrogen-bond donors (Lipinski definition) is 1. The van der Waals surface area contributed by atoms with Crippen molar-refractivity contribution >= 4 is 11.6 Å². The zero-order chi connectivity index (χ0) is 20.3. The molecule has 0 bridgehead atoms. The molecule has 28 heavy (non-hydrogen) atoms. The highest BCUT2D eigenvalue weighted by molar-refractivity contribution is 6.30. The second-order valence-electron chi connectivity index (χ2n) is 5.90. The molecule has 1 N–H and O–H groups in total. The Morgan fingerprint density at radius 1 is 1.36 bits per heavy atom. The Bertz CT molecular complexity index is 1120. The van der Waals surface area contributed by atoms with E-state index in [1.807, 2.05) is 13.0 Å². The van der Waals surface area contributed by atoms with Gasteiger partial charge in [0, 0.05) is 12.1 Å². The predicted octanol–water partition coefficient (Wildman–Crippen LogP) is 3.71. The monoisotopic (exact) mass is 402 g/mol. The number of nitriles is 1. The molecule has 0 radical (unpaired) electrons. The van der Waals surface area contributed by atoms with Gasteiger partial charge in [0.25, 0.3) is 0 Å². The number of nitrogens with one attached hydrogen (secondary N) is 1. The molecular formula is C19H16ClFN4O3. The Hall–Kier alpha value is -3.31. The van der Waals surface area contributed by atoms with Gasteiger partial charge in [-0.1, -0.05) is 24.6 Å². The fraction of sp³-hybridized carbons (Fsp3) is 0.211. The second kappa shape index (κ2) is 8.15. The lowest BCUT2D eigenvalue weighted by Crippen LogP contribution is -2.15. The Morgan fingerprint density at radius 3 is 2.79 bits per heavy atom. The first-order chi connectivity index (χ1) is 13.4. The molecule has 0 saturated carbocycles. The van der Waals surface area contributed by atoms with E-state index >= 15 is 0 Å².